The van der Waals surface area contributed by atoms with Crippen LogP contribution in [0.4, 0.5) is 0 Å². The topological polar surface area (TPSA) is 28.4 Å². The summed E-state index contributed by atoms with van der Waals surface area (Å²) in [6.07, 6.45) is 5.04. The molecule has 0 amide bonds. The van der Waals surface area contributed by atoms with Crippen LogP contribution in [0.15, 0.2) is 12.3 Å². The molecule has 1 aliphatic rings. The lowest BCUT2D eigenvalue weighted by atomic mass is 9.95. The highest BCUT2D eigenvalue weighted by atomic mass is 16.3. The number of rotatable bonds is 4. The molecule has 0 fully saturated rings. The second-order valence-corrected chi connectivity index (χ2v) is 5.39. The Balaban J connectivity index is 2.03. The Hall–Kier alpha value is -0.800. The summed E-state index contributed by atoms with van der Waals surface area (Å²) < 4.78 is 2.32. The lowest BCUT2D eigenvalue weighted by Crippen LogP contribution is -2.30. The van der Waals surface area contributed by atoms with Gasteiger partial charge in [0.1, 0.15) is 0 Å². The van der Waals surface area contributed by atoms with Gasteiger partial charge in [-0.3, -0.25) is 0 Å². The molecule has 0 saturated carbocycles. The van der Waals surface area contributed by atoms with Gasteiger partial charge < -0.3 is 14.6 Å². The average Bonchev–Trinajstić information content (AvgIpc) is 2.70. The largest absolute Gasteiger partial charge is 0.388 e. The highest BCUT2D eigenvalue weighted by Crippen LogP contribution is 2.30. The Morgan fingerprint density at radius 2 is 2.29 bits per heavy atom. The number of likely N-dealkylation sites (N-methyl/N-ethyl adjacent to an activating group) is 1. The second-order valence-electron chi connectivity index (χ2n) is 5.39. The van der Waals surface area contributed by atoms with Crippen molar-refractivity contribution >= 4 is 0 Å². The van der Waals surface area contributed by atoms with E-state index >= 15 is 0 Å². The highest BCUT2D eigenvalue weighted by molar-refractivity contribution is 5.27. The summed E-state index contributed by atoms with van der Waals surface area (Å²) in [6.45, 7) is 6.52. The zero-order valence-electron chi connectivity index (χ0n) is 11.2. The van der Waals surface area contributed by atoms with E-state index in [1.807, 2.05) is 0 Å². The molecule has 1 heterocycles. The van der Waals surface area contributed by atoms with Gasteiger partial charge in [0.2, 0.25) is 0 Å². The molecular weight excluding hydrogens is 212 g/mol. The first-order chi connectivity index (χ1) is 8.09. The molecule has 0 aromatic carbocycles. The molecular formula is C14H24N2O. The first kappa shape index (κ1) is 12.7. The van der Waals surface area contributed by atoms with Crippen molar-refractivity contribution in [2.24, 2.45) is 0 Å². The van der Waals surface area contributed by atoms with E-state index in [1.165, 1.54) is 5.69 Å². The van der Waals surface area contributed by atoms with Crippen molar-refractivity contribution in [1.29, 1.82) is 0 Å². The van der Waals surface area contributed by atoms with Crippen LogP contribution >= 0.6 is 0 Å². The van der Waals surface area contributed by atoms with Crippen molar-refractivity contribution in [2.45, 2.75) is 51.8 Å². The Morgan fingerprint density at radius 3 is 3.00 bits per heavy atom. The minimum atomic E-state index is -0.233. The van der Waals surface area contributed by atoms with Crippen LogP contribution in [0.5, 0.6) is 0 Å². The number of hydrogen-bond donors (Lipinski definition) is 1. The maximum atomic E-state index is 9.92. The third kappa shape index (κ3) is 2.72. The SMILES string of the molecule is CC(C)N(C)CCn1ccc2c1CCCC2O. The van der Waals surface area contributed by atoms with Crippen molar-refractivity contribution in [3.05, 3.63) is 23.5 Å². The van der Waals surface area contributed by atoms with Crippen LogP contribution in [0.3, 0.4) is 0 Å². The molecule has 2 rings (SSSR count). The van der Waals surface area contributed by atoms with Gasteiger partial charge in [0.05, 0.1) is 6.10 Å². The Morgan fingerprint density at radius 1 is 1.53 bits per heavy atom. The Bertz CT molecular complexity index is 370. The van der Waals surface area contributed by atoms with Gasteiger partial charge in [-0.25, -0.2) is 0 Å². The number of aromatic nitrogens is 1. The van der Waals surface area contributed by atoms with Crippen molar-refractivity contribution in [3.8, 4) is 0 Å². The first-order valence-electron chi connectivity index (χ1n) is 6.66. The normalized spacial score (nSPS) is 20.0. The fourth-order valence-electron chi connectivity index (χ4n) is 2.47. The number of fused-ring (bicyclic) bond motifs is 1. The molecule has 3 heteroatoms. The van der Waals surface area contributed by atoms with Crippen LogP contribution in [-0.2, 0) is 13.0 Å². The number of hydrogen-bond acceptors (Lipinski definition) is 2. The molecule has 96 valence electrons. The average molecular weight is 236 g/mol. The van der Waals surface area contributed by atoms with Gasteiger partial charge in [-0.05, 0) is 46.2 Å². The van der Waals surface area contributed by atoms with E-state index in [2.05, 4.69) is 42.6 Å². The molecule has 0 bridgehead atoms. The zero-order valence-corrected chi connectivity index (χ0v) is 11.2. The van der Waals surface area contributed by atoms with Gasteiger partial charge in [0.15, 0.2) is 0 Å². The monoisotopic (exact) mass is 236 g/mol. The number of nitrogens with zero attached hydrogens (tertiary/aromatic N) is 2. The number of aliphatic hydroxyl groups is 1. The van der Waals surface area contributed by atoms with Gasteiger partial charge in [-0.15, -0.1) is 0 Å². The molecule has 0 spiro atoms. The van der Waals surface area contributed by atoms with Crippen LogP contribution in [-0.4, -0.2) is 34.2 Å². The first-order valence-corrected chi connectivity index (χ1v) is 6.66. The summed E-state index contributed by atoms with van der Waals surface area (Å²) in [5, 5.41) is 9.92. The van der Waals surface area contributed by atoms with Gasteiger partial charge in [0.25, 0.3) is 0 Å². The molecule has 0 radical (unpaired) electrons. The summed E-state index contributed by atoms with van der Waals surface area (Å²) in [7, 11) is 2.16. The van der Waals surface area contributed by atoms with Crippen molar-refractivity contribution in [1.82, 2.24) is 9.47 Å². The van der Waals surface area contributed by atoms with Crippen molar-refractivity contribution in [3.63, 3.8) is 0 Å². The third-order valence-electron chi connectivity index (χ3n) is 3.94. The minimum absolute atomic E-state index is 0.233. The summed E-state index contributed by atoms with van der Waals surface area (Å²) in [5.74, 6) is 0. The van der Waals surface area contributed by atoms with E-state index in [0.29, 0.717) is 6.04 Å². The highest BCUT2D eigenvalue weighted by Gasteiger charge is 2.20. The van der Waals surface area contributed by atoms with E-state index in [9.17, 15) is 5.11 Å². The van der Waals surface area contributed by atoms with Crippen molar-refractivity contribution in [2.75, 3.05) is 13.6 Å². The lowest BCUT2D eigenvalue weighted by molar-refractivity contribution is 0.155. The van der Waals surface area contributed by atoms with Gasteiger partial charge >= 0.3 is 0 Å². The molecule has 1 N–H and O–H groups in total. The van der Waals surface area contributed by atoms with E-state index < -0.39 is 0 Å². The minimum Gasteiger partial charge on any atom is -0.388 e. The molecule has 3 nitrogen and oxygen atoms in total. The standard InChI is InChI=1S/C14H24N2O/c1-11(2)15(3)9-10-16-8-7-12-13(16)5-4-6-14(12)17/h7-8,11,14,17H,4-6,9-10H2,1-3H3. The van der Waals surface area contributed by atoms with Gasteiger partial charge in [-0.2, -0.15) is 0 Å². The molecule has 0 saturated heterocycles. The summed E-state index contributed by atoms with van der Waals surface area (Å²) >= 11 is 0. The molecule has 1 aromatic heterocycles. The van der Waals surface area contributed by atoms with Crippen LogP contribution < -0.4 is 0 Å². The van der Waals surface area contributed by atoms with Crippen LogP contribution in [0.25, 0.3) is 0 Å². The molecule has 0 aliphatic heterocycles. The van der Waals surface area contributed by atoms with E-state index in [4.69, 9.17) is 0 Å². The fourth-order valence-corrected chi connectivity index (χ4v) is 2.47. The molecule has 1 unspecified atom stereocenters. The summed E-state index contributed by atoms with van der Waals surface area (Å²) in [6, 6.07) is 2.68. The predicted octanol–water partition coefficient (Wildman–Crippen LogP) is 2.20. The Labute approximate surface area is 104 Å². The summed E-state index contributed by atoms with van der Waals surface area (Å²) in [4.78, 5) is 2.35. The smallest absolute Gasteiger partial charge is 0.0807 e. The quantitative estimate of drug-likeness (QED) is 0.868. The third-order valence-corrected chi connectivity index (χ3v) is 3.94. The van der Waals surface area contributed by atoms with Gasteiger partial charge in [-0.1, -0.05) is 0 Å². The lowest BCUT2D eigenvalue weighted by Gasteiger charge is -2.24. The molecule has 1 aromatic rings. The van der Waals surface area contributed by atoms with Crippen molar-refractivity contribution < 1.29 is 5.11 Å². The second kappa shape index (κ2) is 5.23. The maximum Gasteiger partial charge on any atom is 0.0807 e. The summed E-state index contributed by atoms with van der Waals surface area (Å²) in [5.41, 5.74) is 2.50. The van der Waals surface area contributed by atoms with E-state index in [-0.39, 0.29) is 6.10 Å². The van der Waals surface area contributed by atoms with Crippen LogP contribution in [0, 0.1) is 0 Å². The van der Waals surface area contributed by atoms with Crippen LogP contribution in [0.1, 0.15) is 44.1 Å². The molecule has 17 heavy (non-hydrogen) atoms. The predicted molar refractivity (Wildman–Crippen MR) is 70.1 cm³/mol. The van der Waals surface area contributed by atoms with E-state index in [1.54, 1.807) is 0 Å². The fraction of sp³-hybridized carbons (Fsp3) is 0.714. The zero-order chi connectivity index (χ0) is 12.4. The van der Waals surface area contributed by atoms with Crippen LogP contribution in [0.2, 0.25) is 0 Å². The Kier molecular flexibility index (Phi) is 3.89. The maximum absolute atomic E-state index is 9.92. The molecule has 1 atom stereocenters. The van der Waals surface area contributed by atoms with E-state index in [0.717, 1.165) is 37.9 Å². The van der Waals surface area contributed by atoms with Gasteiger partial charge in [0, 0.05) is 36.6 Å². The number of aliphatic hydroxyl groups excluding tert-OH is 1. The molecule has 1 aliphatic carbocycles.